The number of fused-ring (bicyclic) bond motifs is 1. The molecule has 1 aromatic heterocycles. The second-order valence-electron chi connectivity index (χ2n) is 5.47. The maximum absolute atomic E-state index is 12.5. The lowest BCUT2D eigenvalue weighted by Crippen LogP contribution is -2.14. The Hall–Kier alpha value is -2.55. The molecule has 0 unspecified atom stereocenters. The van der Waals surface area contributed by atoms with E-state index in [1.54, 1.807) is 30.5 Å². The molecule has 2 aromatic carbocycles. The van der Waals surface area contributed by atoms with E-state index in [1.165, 1.54) is 0 Å². The van der Waals surface area contributed by atoms with Crippen LogP contribution in [0.25, 0.3) is 17.0 Å². The van der Waals surface area contributed by atoms with Crippen molar-refractivity contribution in [3.63, 3.8) is 0 Å². The highest BCUT2D eigenvalue weighted by molar-refractivity contribution is 9.10. The molecule has 0 aliphatic heterocycles. The molecule has 6 heteroatoms. The summed E-state index contributed by atoms with van der Waals surface area (Å²) in [5, 5.41) is 13.6. The Morgan fingerprint density at radius 2 is 2.16 bits per heavy atom. The van der Waals surface area contributed by atoms with Crippen molar-refractivity contribution < 1.29 is 4.79 Å². The average molecular weight is 415 g/mol. The van der Waals surface area contributed by atoms with E-state index in [4.69, 9.17) is 11.6 Å². The van der Waals surface area contributed by atoms with Crippen LogP contribution in [0.5, 0.6) is 0 Å². The molecule has 1 heterocycles. The van der Waals surface area contributed by atoms with E-state index in [9.17, 15) is 10.1 Å². The molecule has 3 rings (SSSR count). The molecule has 0 radical (unpaired) electrons. The summed E-state index contributed by atoms with van der Waals surface area (Å²) in [4.78, 5) is 15.6. The van der Waals surface area contributed by atoms with Gasteiger partial charge in [0.05, 0.1) is 0 Å². The van der Waals surface area contributed by atoms with Crippen LogP contribution in [0.4, 0.5) is 5.69 Å². The Kier molecular flexibility index (Phi) is 4.93. The maximum atomic E-state index is 12.5. The van der Waals surface area contributed by atoms with E-state index in [1.807, 2.05) is 31.2 Å². The van der Waals surface area contributed by atoms with Crippen molar-refractivity contribution >= 4 is 56.1 Å². The van der Waals surface area contributed by atoms with Crippen molar-refractivity contribution in [3.8, 4) is 6.07 Å². The smallest absolute Gasteiger partial charge is 0.266 e. The first-order valence-corrected chi connectivity index (χ1v) is 8.61. The minimum atomic E-state index is -0.475. The number of nitrogens with one attached hydrogen (secondary N) is 2. The standard InChI is InChI=1S/C19H13BrClN3O/c1-11-16(21)3-2-4-17(11)24-19(25)12(9-22)7-13-10-23-18-6-5-14(20)8-15(13)18/h2-8,10,23H,1H3,(H,24,25). The van der Waals surface area contributed by atoms with Crippen molar-refractivity contribution in [2.24, 2.45) is 0 Å². The maximum Gasteiger partial charge on any atom is 0.266 e. The summed E-state index contributed by atoms with van der Waals surface area (Å²) >= 11 is 9.50. The lowest BCUT2D eigenvalue weighted by atomic mass is 10.1. The molecule has 1 amide bonds. The number of nitriles is 1. The minimum absolute atomic E-state index is 0.0141. The molecule has 0 bridgehead atoms. The summed E-state index contributed by atoms with van der Waals surface area (Å²) in [6, 6.07) is 13.0. The summed E-state index contributed by atoms with van der Waals surface area (Å²) in [5.74, 6) is -0.475. The van der Waals surface area contributed by atoms with Gasteiger partial charge in [0.2, 0.25) is 0 Å². The normalized spacial score (nSPS) is 11.4. The quantitative estimate of drug-likeness (QED) is 0.443. The van der Waals surface area contributed by atoms with Crippen LogP contribution in [0.15, 0.2) is 52.6 Å². The fourth-order valence-electron chi connectivity index (χ4n) is 2.47. The highest BCUT2D eigenvalue weighted by Gasteiger charge is 2.13. The van der Waals surface area contributed by atoms with Crippen molar-refractivity contribution in [3.05, 3.63) is 68.8 Å². The third kappa shape index (κ3) is 3.60. The van der Waals surface area contributed by atoms with E-state index < -0.39 is 5.91 Å². The zero-order valence-electron chi connectivity index (χ0n) is 13.2. The topological polar surface area (TPSA) is 68.7 Å². The Bertz CT molecular complexity index is 1050. The third-order valence-electron chi connectivity index (χ3n) is 3.86. The molecule has 0 fully saturated rings. The van der Waals surface area contributed by atoms with Crippen LogP contribution in [-0.2, 0) is 4.79 Å². The van der Waals surface area contributed by atoms with E-state index in [-0.39, 0.29) is 5.57 Å². The largest absolute Gasteiger partial charge is 0.361 e. The first-order chi connectivity index (χ1) is 12.0. The number of carbonyl (C=O) groups is 1. The predicted molar refractivity (Wildman–Crippen MR) is 104 cm³/mol. The van der Waals surface area contributed by atoms with Crippen molar-refractivity contribution in [1.29, 1.82) is 5.26 Å². The number of carbonyl (C=O) groups excluding carboxylic acids is 1. The van der Waals surface area contributed by atoms with Crippen molar-refractivity contribution in [2.45, 2.75) is 6.92 Å². The van der Waals surface area contributed by atoms with Gasteiger partial charge in [0.15, 0.2) is 0 Å². The Morgan fingerprint density at radius 1 is 1.36 bits per heavy atom. The Labute approximate surface area is 158 Å². The molecule has 2 N–H and O–H groups in total. The van der Waals surface area contributed by atoms with Gasteiger partial charge in [0.1, 0.15) is 11.6 Å². The molecular formula is C19H13BrClN3O. The van der Waals surface area contributed by atoms with Gasteiger partial charge in [-0.05, 0) is 48.9 Å². The van der Waals surface area contributed by atoms with Crippen molar-refractivity contribution in [1.82, 2.24) is 4.98 Å². The molecule has 4 nitrogen and oxygen atoms in total. The minimum Gasteiger partial charge on any atom is -0.361 e. The lowest BCUT2D eigenvalue weighted by molar-refractivity contribution is -0.112. The second kappa shape index (κ2) is 7.14. The number of nitrogens with zero attached hydrogens (tertiary/aromatic N) is 1. The van der Waals surface area contributed by atoms with Crippen LogP contribution in [0, 0.1) is 18.3 Å². The van der Waals surface area contributed by atoms with E-state index in [0.29, 0.717) is 10.7 Å². The van der Waals surface area contributed by atoms with Crippen LogP contribution in [-0.4, -0.2) is 10.9 Å². The zero-order chi connectivity index (χ0) is 18.0. The van der Waals surface area contributed by atoms with Gasteiger partial charge in [0, 0.05) is 37.8 Å². The van der Waals surface area contributed by atoms with E-state index >= 15 is 0 Å². The SMILES string of the molecule is Cc1c(Cl)cccc1NC(=O)C(C#N)=Cc1c[nH]c2ccc(Br)cc12. The van der Waals surface area contributed by atoms with Crippen LogP contribution in [0.2, 0.25) is 5.02 Å². The highest BCUT2D eigenvalue weighted by Crippen LogP contribution is 2.26. The van der Waals surface area contributed by atoms with Gasteiger partial charge in [-0.1, -0.05) is 33.6 Å². The number of aromatic nitrogens is 1. The summed E-state index contributed by atoms with van der Waals surface area (Å²) in [6.45, 7) is 1.81. The summed E-state index contributed by atoms with van der Waals surface area (Å²) < 4.78 is 0.923. The number of aromatic amines is 1. The molecule has 0 saturated carbocycles. The number of anilines is 1. The fraction of sp³-hybridized carbons (Fsp3) is 0.0526. The van der Waals surface area contributed by atoms with Gasteiger partial charge in [-0.3, -0.25) is 4.79 Å². The molecule has 0 spiro atoms. The predicted octanol–water partition coefficient (Wildman–Crippen LogP) is 5.44. The molecule has 0 aliphatic carbocycles. The van der Waals surface area contributed by atoms with E-state index in [2.05, 4.69) is 26.2 Å². The summed E-state index contributed by atoms with van der Waals surface area (Å²) in [6.07, 6.45) is 3.34. The van der Waals surface area contributed by atoms with Crippen LogP contribution in [0.3, 0.4) is 0 Å². The molecular weight excluding hydrogens is 402 g/mol. The molecule has 124 valence electrons. The van der Waals surface area contributed by atoms with Crippen LogP contribution in [0.1, 0.15) is 11.1 Å². The lowest BCUT2D eigenvalue weighted by Gasteiger charge is -2.08. The first-order valence-electron chi connectivity index (χ1n) is 7.44. The van der Waals surface area contributed by atoms with Gasteiger partial charge in [-0.2, -0.15) is 5.26 Å². The second-order valence-corrected chi connectivity index (χ2v) is 6.79. The summed E-state index contributed by atoms with van der Waals surface area (Å²) in [7, 11) is 0. The monoisotopic (exact) mass is 413 g/mol. The molecule has 0 saturated heterocycles. The van der Waals surface area contributed by atoms with E-state index in [0.717, 1.165) is 26.5 Å². The summed E-state index contributed by atoms with van der Waals surface area (Å²) in [5.41, 5.74) is 3.05. The fourth-order valence-corrected chi connectivity index (χ4v) is 3.01. The molecule has 0 aliphatic rings. The Balaban J connectivity index is 1.94. The molecule has 0 atom stereocenters. The average Bonchev–Trinajstić information content (AvgIpc) is 2.98. The number of hydrogen-bond donors (Lipinski definition) is 2. The first kappa shape index (κ1) is 17.3. The molecule has 3 aromatic rings. The Morgan fingerprint density at radius 3 is 2.92 bits per heavy atom. The van der Waals surface area contributed by atoms with Crippen LogP contribution >= 0.6 is 27.5 Å². The number of amides is 1. The third-order valence-corrected chi connectivity index (χ3v) is 4.76. The number of halogens is 2. The number of rotatable bonds is 3. The van der Waals surface area contributed by atoms with Gasteiger partial charge in [-0.25, -0.2) is 0 Å². The van der Waals surface area contributed by atoms with Crippen molar-refractivity contribution in [2.75, 3.05) is 5.32 Å². The number of benzene rings is 2. The zero-order valence-corrected chi connectivity index (χ0v) is 15.6. The van der Waals surface area contributed by atoms with Gasteiger partial charge in [0.25, 0.3) is 5.91 Å². The van der Waals surface area contributed by atoms with Crippen LogP contribution < -0.4 is 5.32 Å². The highest BCUT2D eigenvalue weighted by atomic mass is 79.9. The van der Waals surface area contributed by atoms with Gasteiger partial charge < -0.3 is 10.3 Å². The van der Waals surface area contributed by atoms with Gasteiger partial charge >= 0.3 is 0 Å². The molecule has 25 heavy (non-hydrogen) atoms. The van der Waals surface area contributed by atoms with Gasteiger partial charge in [-0.15, -0.1) is 0 Å². The number of H-pyrrole nitrogens is 1. The number of hydrogen-bond acceptors (Lipinski definition) is 2.